The molecule has 3 aromatic carbocycles. The van der Waals surface area contributed by atoms with Gasteiger partial charge in [-0.15, -0.1) is 24.0 Å². The number of halogens is 1. The third-order valence-electron chi connectivity index (χ3n) is 5.56. The SMILES string of the molecule is COC(=O)c1ccc(C(=O)OC)c(N=C(SC)N(Cc2ccc(OC)cc2)Cc2ccc(OC)cc2)c1.I. The van der Waals surface area contributed by atoms with Gasteiger partial charge in [-0.1, -0.05) is 36.0 Å². The quantitative estimate of drug-likeness (QED) is 0.122. The van der Waals surface area contributed by atoms with Gasteiger partial charge in [0.15, 0.2) is 5.17 Å². The van der Waals surface area contributed by atoms with E-state index >= 15 is 0 Å². The molecule has 38 heavy (non-hydrogen) atoms. The molecule has 0 radical (unpaired) electrons. The van der Waals surface area contributed by atoms with Gasteiger partial charge in [0.1, 0.15) is 11.5 Å². The van der Waals surface area contributed by atoms with Crippen molar-refractivity contribution in [1.82, 2.24) is 4.90 Å². The van der Waals surface area contributed by atoms with Crippen molar-refractivity contribution in [2.24, 2.45) is 4.99 Å². The van der Waals surface area contributed by atoms with Crippen molar-refractivity contribution in [1.29, 1.82) is 0 Å². The second kappa shape index (κ2) is 15.2. The van der Waals surface area contributed by atoms with E-state index in [0.29, 0.717) is 23.9 Å². The van der Waals surface area contributed by atoms with Crippen molar-refractivity contribution < 1.29 is 28.5 Å². The minimum atomic E-state index is -0.549. The Morgan fingerprint density at radius 3 is 1.68 bits per heavy atom. The normalized spacial score (nSPS) is 10.7. The molecule has 0 saturated carbocycles. The maximum absolute atomic E-state index is 12.5. The average molecular weight is 651 g/mol. The predicted octanol–water partition coefficient (Wildman–Crippen LogP) is 5.95. The number of amidine groups is 1. The minimum Gasteiger partial charge on any atom is -0.497 e. The maximum atomic E-state index is 12.5. The Bertz CT molecular complexity index is 1200. The molecule has 0 fully saturated rings. The summed E-state index contributed by atoms with van der Waals surface area (Å²) in [5.41, 5.74) is 2.94. The van der Waals surface area contributed by atoms with Crippen molar-refractivity contribution in [3.63, 3.8) is 0 Å². The largest absolute Gasteiger partial charge is 0.497 e. The fourth-order valence-electron chi connectivity index (χ4n) is 3.59. The summed E-state index contributed by atoms with van der Waals surface area (Å²) >= 11 is 1.43. The molecule has 0 atom stereocenters. The van der Waals surface area contributed by atoms with Crippen LogP contribution in [0.5, 0.6) is 11.5 Å². The van der Waals surface area contributed by atoms with E-state index in [2.05, 4.69) is 4.90 Å². The van der Waals surface area contributed by atoms with E-state index in [1.165, 1.54) is 44.2 Å². The number of hydrogen-bond donors (Lipinski definition) is 0. The molecule has 3 rings (SSSR count). The van der Waals surface area contributed by atoms with Crippen LogP contribution in [0.1, 0.15) is 31.8 Å². The number of esters is 2. The van der Waals surface area contributed by atoms with Crippen LogP contribution in [-0.4, -0.2) is 56.7 Å². The number of hydrogen-bond acceptors (Lipinski definition) is 8. The molecule has 0 bridgehead atoms. The Morgan fingerprint density at radius 1 is 0.763 bits per heavy atom. The van der Waals surface area contributed by atoms with Gasteiger partial charge in [0.2, 0.25) is 0 Å². The lowest BCUT2D eigenvalue weighted by Gasteiger charge is -2.26. The third kappa shape index (κ3) is 8.12. The Hall–Kier alpha value is -3.25. The van der Waals surface area contributed by atoms with E-state index in [-0.39, 0.29) is 35.1 Å². The summed E-state index contributed by atoms with van der Waals surface area (Å²) in [5, 5.41) is 0.652. The molecule has 3 aromatic rings. The van der Waals surface area contributed by atoms with E-state index < -0.39 is 11.9 Å². The van der Waals surface area contributed by atoms with Gasteiger partial charge in [-0.2, -0.15) is 0 Å². The van der Waals surface area contributed by atoms with Crippen molar-refractivity contribution in [2.45, 2.75) is 13.1 Å². The number of methoxy groups -OCH3 is 4. The molecule has 0 aromatic heterocycles. The minimum absolute atomic E-state index is 0. The predicted molar refractivity (Wildman–Crippen MR) is 160 cm³/mol. The van der Waals surface area contributed by atoms with Crippen LogP contribution in [0, 0.1) is 0 Å². The number of nitrogens with zero attached hydrogens (tertiary/aromatic N) is 2. The second-order valence-corrected chi connectivity index (χ2v) is 8.64. The van der Waals surface area contributed by atoms with Crippen molar-refractivity contribution >= 4 is 58.5 Å². The summed E-state index contributed by atoms with van der Waals surface area (Å²) in [4.78, 5) is 31.6. The number of thioether (sulfide) groups is 1. The number of ether oxygens (including phenoxy) is 4. The molecule has 0 heterocycles. The molecular formula is C28H31IN2O6S. The zero-order chi connectivity index (χ0) is 26.8. The number of carbonyl (C=O) groups is 2. The van der Waals surface area contributed by atoms with Crippen LogP contribution in [0.25, 0.3) is 0 Å². The van der Waals surface area contributed by atoms with Crippen LogP contribution in [0.4, 0.5) is 5.69 Å². The standard InChI is InChI=1S/C28H30N2O6S.HI/c1-33-22-11-6-19(7-12-22)17-30(18-20-8-13-23(34-2)14-9-20)28(37-5)29-25-16-21(26(31)35-3)10-15-24(25)27(32)36-4;/h6-16H,17-18H2,1-5H3;1H. The first kappa shape index (κ1) is 31.0. The molecule has 0 N–H and O–H groups in total. The molecule has 0 aliphatic carbocycles. The van der Waals surface area contributed by atoms with Crippen LogP contribution in [0.3, 0.4) is 0 Å². The molecule has 0 unspecified atom stereocenters. The highest BCUT2D eigenvalue weighted by molar-refractivity contribution is 14.0. The van der Waals surface area contributed by atoms with Crippen molar-refractivity contribution in [2.75, 3.05) is 34.7 Å². The molecule has 0 aliphatic heterocycles. The van der Waals surface area contributed by atoms with Gasteiger partial charge < -0.3 is 23.8 Å². The van der Waals surface area contributed by atoms with Crippen LogP contribution in [0.15, 0.2) is 71.7 Å². The van der Waals surface area contributed by atoms with Gasteiger partial charge in [-0.3, -0.25) is 0 Å². The van der Waals surface area contributed by atoms with Gasteiger partial charge in [0.25, 0.3) is 0 Å². The average Bonchev–Trinajstić information content (AvgIpc) is 2.95. The first-order chi connectivity index (χ1) is 17.9. The summed E-state index contributed by atoms with van der Waals surface area (Å²) in [6, 6.07) is 20.2. The highest BCUT2D eigenvalue weighted by Crippen LogP contribution is 2.27. The van der Waals surface area contributed by atoms with Crippen molar-refractivity contribution in [3.05, 3.63) is 89.0 Å². The van der Waals surface area contributed by atoms with Gasteiger partial charge in [0.05, 0.1) is 45.3 Å². The van der Waals surface area contributed by atoms with Crippen LogP contribution >= 0.6 is 35.7 Å². The summed E-state index contributed by atoms with van der Waals surface area (Å²) in [6.07, 6.45) is 1.91. The molecule has 0 spiro atoms. The topological polar surface area (TPSA) is 86.7 Å². The number of rotatable bonds is 9. The molecule has 8 nitrogen and oxygen atoms in total. The zero-order valence-electron chi connectivity index (χ0n) is 21.9. The monoisotopic (exact) mass is 650 g/mol. The molecule has 0 saturated heterocycles. The van der Waals surface area contributed by atoms with Crippen molar-refractivity contribution in [3.8, 4) is 11.5 Å². The molecule has 0 aliphatic rings. The molecular weight excluding hydrogens is 619 g/mol. The van der Waals surface area contributed by atoms with E-state index in [4.69, 9.17) is 23.9 Å². The van der Waals surface area contributed by atoms with E-state index in [9.17, 15) is 9.59 Å². The van der Waals surface area contributed by atoms with E-state index in [0.717, 1.165) is 22.6 Å². The first-order valence-electron chi connectivity index (χ1n) is 11.4. The lowest BCUT2D eigenvalue weighted by molar-refractivity contribution is 0.0587. The van der Waals surface area contributed by atoms with Gasteiger partial charge in [-0.25, -0.2) is 14.6 Å². The maximum Gasteiger partial charge on any atom is 0.340 e. The summed E-state index contributed by atoms with van der Waals surface area (Å²) < 4.78 is 20.4. The van der Waals surface area contributed by atoms with E-state index in [1.807, 2.05) is 54.8 Å². The molecule has 202 valence electrons. The smallest absolute Gasteiger partial charge is 0.340 e. The highest BCUT2D eigenvalue weighted by atomic mass is 127. The fourth-order valence-corrected chi connectivity index (χ4v) is 4.17. The number of aliphatic imine (C=N–C) groups is 1. The first-order valence-corrected chi connectivity index (χ1v) is 12.6. The van der Waals surface area contributed by atoms with Gasteiger partial charge >= 0.3 is 11.9 Å². The van der Waals surface area contributed by atoms with Crippen LogP contribution in [0.2, 0.25) is 0 Å². The lowest BCUT2D eigenvalue weighted by Crippen LogP contribution is -2.28. The van der Waals surface area contributed by atoms with Gasteiger partial charge in [-0.05, 0) is 59.8 Å². The van der Waals surface area contributed by atoms with Gasteiger partial charge in [0, 0.05) is 13.1 Å². The van der Waals surface area contributed by atoms with Crippen LogP contribution in [-0.2, 0) is 22.6 Å². The van der Waals surface area contributed by atoms with Crippen LogP contribution < -0.4 is 9.47 Å². The second-order valence-electron chi connectivity index (χ2n) is 7.87. The summed E-state index contributed by atoms with van der Waals surface area (Å²) in [7, 11) is 5.87. The fraction of sp³-hybridized carbons (Fsp3) is 0.250. The Balaban J connectivity index is 0.00000507. The Kier molecular flexibility index (Phi) is 12.4. The Labute approximate surface area is 244 Å². The third-order valence-corrected chi connectivity index (χ3v) is 6.27. The summed E-state index contributed by atoms with van der Waals surface area (Å²) in [6.45, 7) is 1.08. The molecule has 0 amide bonds. The Morgan fingerprint density at radius 2 is 1.26 bits per heavy atom. The van der Waals surface area contributed by atoms with E-state index in [1.54, 1.807) is 14.2 Å². The number of benzene rings is 3. The number of carbonyl (C=O) groups excluding carboxylic acids is 2. The lowest BCUT2D eigenvalue weighted by atomic mass is 10.1. The highest BCUT2D eigenvalue weighted by Gasteiger charge is 2.19. The summed E-state index contributed by atoms with van der Waals surface area (Å²) in [5.74, 6) is 0.470. The zero-order valence-corrected chi connectivity index (χ0v) is 25.1. The molecule has 10 heteroatoms.